The third kappa shape index (κ3) is 4.75. The van der Waals surface area contributed by atoms with Gasteiger partial charge in [0, 0.05) is 19.0 Å². The van der Waals surface area contributed by atoms with Crippen molar-refractivity contribution in [3.63, 3.8) is 0 Å². The van der Waals surface area contributed by atoms with Gasteiger partial charge in [-0.2, -0.15) is 4.98 Å². The van der Waals surface area contributed by atoms with E-state index in [1.54, 1.807) is 0 Å². The zero-order valence-corrected chi connectivity index (χ0v) is 12.7. The van der Waals surface area contributed by atoms with Gasteiger partial charge in [-0.15, -0.1) is 12.4 Å². The lowest BCUT2D eigenvalue weighted by atomic mass is 9.92. The number of halogens is 1. The van der Waals surface area contributed by atoms with E-state index in [2.05, 4.69) is 28.9 Å². The van der Waals surface area contributed by atoms with Gasteiger partial charge in [-0.25, -0.2) is 0 Å². The Balaban J connectivity index is 0.00000180. The molecule has 110 valence electrons. The number of nitrogens with zero attached hydrogens (tertiary/aromatic N) is 3. The molecule has 0 amide bonds. The number of nitrogens with two attached hydrogens (primary N) is 1. The van der Waals surface area contributed by atoms with Crippen molar-refractivity contribution in [3.05, 3.63) is 11.7 Å². The summed E-state index contributed by atoms with van der Waals surface area (Å²) in [5.41, 5.74) is 5.99. The van der Waals surface area contributed by atoms with E-state index in [-0.39, 0.29) is 18.4 Å². The van der Waals surface area contributed by atoms with Crippen molar-refractivity contribution < 1.29 is 4.52 Å². The summed E-state index contributed by atoms with van der Waals surface area (Å²) in [5, 5.41) is 4.04. The van der Waals surface area contributed by atoms with Crippen LogP contribution in [0.15, 0.2) is 4.52 Å². The van der Waals surface area contributed by atoms with E-state index in [9.17, 15) is 0 Å². The van der Waals surface area contributed by atoms with Crippen molar-refractivity contribution in [1.29, 1.82) is 0 Å². The predicted molar refractivity (Wildman–Crippen MR) is 77.2 cm³/mol. The molecule has 1 aliphatic heterocycles. The molecule has 0 aromatic carbocycles. The molecule has 19 heavy (non-hydrogen) atoms. The first-order chi connectivity index (χ1) is 8.69. The molecule has 1 aliphatic rings. The third-order valence-corrected chi connectivity index (χ3v) is 3.62. The summed E-state index contributed by atoms with van der Waals surface area (Å²) in [6.07, 6.45) is 4.36. The van der Waals surface area contributed by atoms with Gasteiger partial charge in [-0.3, -0.25) is 4.90 Å². The number of hydrogen-bond acceptors (Lipinski definition) is 5. The number of rotatable bonds is 5. The Morgan fingerprint density at radius 3 is 3.00 bits per heavy atom. The lowest BCUT2D eigenvalue weighted by molar-refractivity contribution is 0.150. The summed E-state index contributed by atoms with van der Waals surface area (Å²) >= 11 is 0. The summed E-state index contributed by atoms with van der Waals surface area (Å²) in [4.78, 5) is 6.80. The number of aromatic nitrogens is 2. The van der Waals surface area contributed by atoms with Gasteiger partial charge < -0.3 is 10.3 Å². The maximum absolute atomic E-state index is 5.99. The van der Waals surface area contributed by atoms with Crippen molar-refractivity contribution in [2.24, 2.45) is 11.7 Å². The molecule has 2 unspecified atom stereocenters. The molecule has 5 nitrogen and oxygen atoms in total. The number of aryl methyl sites for hydroxylation is 1. The summed E-state index contributed by atoms with van der Waals surface area (Å²) in [6, 6.07) is 0.272. The molecule has 1 aromatic rings. The number of hydrogen-bond donors (Lipinski definition) is 1. The summed E-state index contributed by atoms with van der Waals surface area (Å²) in [7, 11) is 0. The van der Waals surface area contributed by atoms with Crippen LogP contribution in [0.3, 0.4) is 0 Å². The quantitative estimate of drug-likeness (QED) is 0.897. The standard InChI is InChI=1S/C13H24N4O.ClH/c1-3-5-13-15-12(16-18-13)9-17-7-4-6-11(8-17)10(2)14;/h10-11H,3-9,14H2,1-2H3;1H. The Morgan fingerprint density at radius 2 is 2.32 bits per heavy atom. The highest BCUT2D eigenvalue weighted by Crippen LogP contribution is 2.19. The molecule has 1 fully saturated rings. The van der Waals surface area contributed by atoms with Crippen molar-refractivity contribution in [3.8, 4) is 0 Å². The summed E-state index contributed by atoms with van der Waals surface area (Å²) in [5.74, 6) is 2.16. The Bertz CT molecular complexity index is 369. The van der Waals surface area contributed by atoms with Crippen LogP contribution in [0.5, 0.6) is 0 Å². The molecule has 0 bridgehead atoms. The van der Waals surface area contributed by atoms with Crippen LogP contribution in [0.1, 0.15) is 44.8 Å². The third-order valence-electron chi connectivity index (χ3n) is 3.62. The second kappa shape index (κ2) is 7.82. The average molecular weight is 289 g/mol. The van der Waals surface area contributed by atoms with Crippen LogP contribution in [0.2, 0.25) is 0 Å². The largest absolute Gasteiger partial charge is 0.339 e. The van der Waals surface area contributed by atoms with E-state index >= 15 is 0 Å². The lowest BCUT2D eigenvalue weighted by Crippen LogP contribution is -2.42. The van der Waals surface area contributed by atoms with Gasteiger partial charge in [-0.1, -0.05) is 12.1 Å². The van der Waals surface area contributed by atoms with E-state index in [4.69, 9.17) is 10.3 Å². The van der Waals surface area contributed by atoms with Crippen LogP contribution in [0.4, 0.5) is 0 Å². The monoisotopic (exact) mass is 288 g/mol. The topological polar surface area (TPSA) is 68.2 Å². The SMILES string of the molecule is CCCc1nc(CN2CCCC(C(C)N)C2)no1.Cl. The maximum atomic E-state index is 5.99. The summed E-state index contributed by atoms with van der Waals surface area (Å²) in [6.45, 7) is 7.16. The van der Waals surface area contributed by atoms with Crippen LogP contribution in [-0.4, -0.2) is 34.2 Å². The molecule has 0 aliphatic carbocycles. The Kier molecular flexibility index (Phi) is 6.75. The highest BCUT2D eigenvalue weighted by Gasteiger charge is 2.23. The van der Waals surface area contributed by atoms with Gasteiger partial charge in [-0.05, 0) is 38.6 Å². The van der Waals surface area contributed by atoms with E-state index in [0.717, 1.165) is 44.2 Å². The van der Waals surface area contributed by atoms with Crippen molar-refractivity contribution in [2.75, 3.05) is 13.1 Å². The van der Waals surface area contributed by atoms with Crippen molar-refractivity contribution in [2.45, 2.75) is 52.1 Å². The van der Waals surface area contributed by atoms with Gasteiger partial charge in [0.1, 0.15) is 0 Å². The van der Waals surface area contributed by atoms with Gasteiger partial charge in [0.05, 0.1) is 6.54 Å². The van der Waals surface area contributed by atoms with E-state index < -0.39 is 0 Å². The molecular formula is C13H25ClN4O. The second-order valence-electron chi connectivity index (χ2n) is 5.35. The van der Waals surface area contributed by atoms with Gasteiger partial charge in [0.25, 0.3) is 0 Å². The first-order valence-corrected chi connectivity index (χ1v) is 6.98. The van der Waals surface area contributed by atoms with Crippen LogP contribution in [-0.2, 0) is 13.0 Å². The average Bonchev–Trinajstić information content (AvgIpc) is 2.77. The molecule has 0 radical (unpaired) electrons. The Hall–Kier alpha value is -0.650. The van der Waals surface area contributed by atoms with Gasteiger partial charge >= 0.3 is 0 Å². The predicted octanol–water partition coefficient (Wildman–Crippen LogP) is 2.00. The fourth-order valence-electron chi connectivity index (χ4n) is 2.53. The van der Waals surface area contributed by atoms with E-state index in [1.165, 1.54) is 12.8 Å². The van der Waals surface area contributed by atoms with Crippen molar-refractivity contribution >= 4 is 12.4 Å². The Morgan fingerprint density at radius 1 is 1.53 bits per heavy atom. The summed E-state index contributed by atoms with van der Waals surface area (Å²) < 4.78 is 5.21. The smallest absolute Gasteiger partial charge is 0.226 e. The van der Waals surface area contributed by atoms with Crippen LogP contribution in [0.25, 0.3) is 0 Å². The van der Waals surface area contributed by atoms with Gasteiger partial charge in [0.2, 0.25) is 5.89 Å². The lowest BCUT2D eigenvalue weighted by Gasteiger charge is -2.33. The number of likely N-dealkylation sites (tertiary alicyclic amines) is 1. The molecule has 1 aromatic heterocycles. The molecular weight excluding hydrogens is 264 g/mol. The minimum absolute atomic E-state index is 0. The zero-order chi connectivity index (χ0) is 13.0. The molecule has 2 atom stereocenters. The first-order valence-electron chi connectivity index (χ1n) is 6.98. The van der Waals surface area contributed by atoms with Crippen molar-refractivity contribution in [1.82, 2.24) is 15.0 Å². The molecule has 0 spiro atoms. The van der Waals surface area contributed by atoms with Crippen LogP contribution >= 0.6 is 12.4 Å². The second-order valence-corrected chi connectivity index (χ2v) is 5.35. The molecule has 6 heteroatoms. The van der Waals surface area contributed by atoms with Gasteiger partial charge in [0.15, 0.2) is 5.82 Å². The Labute approximate surface area is 121 Å². The highest BCUT2D eigenvalue weighted by atomic mass is 35.5. The molecule has 1 saturated heterocycles. The molecule has 0 saturated carbocycles. The van der Waals surface area contributed by atoms with Crippen LogP contribution < -0.4 is 5.73 Å². The first kappa shape index (κ1) is 16.4. The maximum Gasteiger partial charge on any atom is 0.226 e. The molecule has 2 N–H and O–H groups in total. The fraction of sp³-hybridized carbons (Fsp3) is 0.846. The highest BCUT2D eigenvalue weighted by molar-refractivity contribution is 5.85. The molecule has 2 heterocycles. The minimum atomic E-state index is 0. The minimum Gasteiger partial charge on any atom is -0.339 e. The normalized spacial score (nSPS) is 21.9. The number of piperidine rings is 1. The van der Waals surface area contributed by atoms with E-state index in [1.807, 2.05) is 0 Å². The fourth-order valence-corrected chi connectivity index (χ4v) is 2.53. The van der Waals surface area contributed by atoms with E-state index in [0.29, 0.717) is 5.92 Å². The zero-order valence-electron chi connectivity index (χ0n) is 11.8. The molecule has 2 rings (SSSR count). The van der Waals surface area contributed by atoms with Crippen LogP contribution in [0, 0.1) is 5.92 Å².